The minimum atomic E-state index is 0.677. The molecule has 1 aromatic carbocycles. The first-order valence-electron chi connectivity index (χ1n) is 4.94. The van der Waals surface area contributed by atoms with Crippen molar-refractivity contribution in [1.29, 1.82) is 0 Å². The lowest BCUT2D eigenvalue weighted by atomic mass is 9.98. The molecule has 0 aromatic heterocycles. The molecule has 0 aliphatic carbocycles. The Bertz CT molecular complexity index is 256. The van der Waals surface area contributed by atoms with Gasteiger partial charge in [0.2, 0.25) is 0 Å². The highest BCUT2D eigenvalue weighted by molar-refractivity contribution is 7.98. The molecule has 1 unspecified atom stereocenters. The van der Waals surface area contributed by atoms with E-state index in [9.17, 15) is 0 Å². The second-order valence-corrected chi connectivity index (χ2v) is 4.24. The molecule has 1 aromatic rings. The van der Waals surface area contributed by atoms with Gasteiger partial charge in [-0.25, -0.2) is 0 Å². The van der Waals surface area contributed by atoms with Crippen LogP contribution in [0.1, 0.15) is 24.8 Å². The molecule has 1 atom stereocenters. The Hall–Kier alpha value is -0.630. The second-order valence-electron chi connectivity index (χ2n) is 3.33. The van der Waals surface area contributed by atoms with Crippen LogP contribution in [0.2, 0.25) is 0 Å². The van der Waals surface area contributed by atoms with Crippen LogP contribution in [0.3, 0.4) is 0 Å². The Balaban J connectivity index is 2.73. The Morgan fingerprint density at radius 3 is 2.36 bits per heavy atom. The summed E-state index contributed by atoms with van der Waals surface area (Å²) >= 11 is 1.91. The van der Waals surface area contributed by atoms with Crippen LogP contribution in [0, 0.1) is 0 Å². The maximum absolute atomic E-state index is 5.14. The summed E-state index contributed by atoms with van der Waals surface area (Å²) in [6.45, 7) is 2.24. The van der Waals surface area contributed by atoms with Gasteiger partial charge in [-0.2, -0.15) is 11.8 Å². The maximum Gasteiger partial charge on any atom is 0.118 e. The van der Waals surface area contributed by atoms with Gasteiger partial charge in [0.1, 0.15) is 5.75 Å². The highest BCUT2D eigenvalue weighted by Gasteiger charge is 2.07. The molecule has 0 spiro atoms. The zero-order chi connectivity index (χ0) is 10.4. The molecule has 0 N–H and O–H groups in total. The lowest BCUT2D eigenvalue weighted by Crippen LogP contribution is -2.00. The number of rotatable bonds is 5. The van der Waals surface area contributed by atoms with Gasteiger partial charge in [-0.05, 0) is 42.0 Å². The van der Waals surface area contributed by atoms with Crippen LogP contribution in [0.4, 0.5) is 0 Å². The van der Waals surface area contributed by atoms with Crippen LogP contribution in [-0.2, 0) is 0 Å². The summed E-state index contributed by atoms with van der Waals surface area (Å²) in [4.78, 5) is 0. The summed E-state index contributed by atoms with van der Waals surface area (Å²) in [6, 6.07) is 8.42. The van der Waals surface area contributed by atoms with Gasteiger partial charge in [0.25, 0.3) is 0 Å². The molecule has 2 heteroatoms. The first kappa shape index (κ1) is 11.4. The first-order valence-corrected chi connectivity index (χ1v) is 6.34. The van der Waals surface area contributed by atoms with Crippen LogP contribution < -0.4 is 4.74 Å². The number of methoxy groups -OCH3 is 1. The maximum atomic E-state index is 5.14. The molecular weight excluding hydrogens is 192 g/mol. The first-order chi connectivity index (χ1) is 6.81. The van der Waals surface area contributed by atoms with E-state index in [1.165, 1.54) is 17.7 Å². The number of ether oxygens (including phenoxy) is 1. The van der Waals surface area contributed by atoms with Crippen molar-refractivity contribution in [2.24, 2.45) is 0 Å². The van der Waals surface area contributed by atoms with Crippen molar-refractivity contribution in [3.63, 3.8) is 0 Å². The predicted molar refractivity (Wildman–Crippen MR) is 64.4 cm³/mol. The minimum Gasteiger partial charge on any atom is -0.497 e. The van der Waals surface area contributed by atoms with Gasteiger partial charge in [0, 0.05) is 0 Å². The van der Waals surface area contributed by atoms with Crippen LogP contribution in [0.5, 0.6) is 5.75 Å². The molecule has 14 heavy (non-hydrogen) atoms. The average molecular weight is 210 g/mol. The summed E-state index contributed by atoms with van der Waals surface area (Å²) in [5.41, 5.74) is 1.42. The Kier molecular flexibility index (Phi) is 4.88. The van der Waals surface area contributed by atoms with Gasteiger partial charge in [-0.3, -0.25) is 0 Å². The quantitative estimate of drug-likeness (QED) is 0.735. The Morgan fingerprint density at radius 1 is 1.29 bits per heavy atom. The highest BCUT2D eigenvalue weighted by Crippen LogP contribution is 2.24. The van der Waals surface area contributed by atoms with E-state index < -0.39 is 0 Å². The monoisotopic (exact) mass is 210 g/mol. The van der Waals surface area contributed by atoms with Gasteiger partial charge in [0.05, 0.1) is 7.11 Å². The van der Waals surface area contributed by atoms with Gasteiger partial charge >= 0.3 is 0 Å². The van der Waals surface area contributed by atoms with Crippen molar-refractivity contribution in [2.45, 2.75) is 19.3 Å². The van der Waals surface area contributed by atoms with Crippen molar-refractivity contribution < 1.29 is 4.74 Å². The third kappa shape index (κ3) is 2.95. The number of hydrogen-bond acceptors (Lipinski definition) is 2. The predicted octanol–water partition coefficient (Wildman–Crippen LogP) is 3.55. The van der Waals surface area contributed by atoms with E-state index in [1.54, 1.807) is 7.11 Å². The lowest BCUT2D eigenvalue weighted by molar-refractivity contribution is 0.414. The molecule has 0 aliphatic heterocycles. The van der Waals surface area contributed by atoms with E-state index in [0.717, 1.165) is 5.75 Å². The van der Waals surface area contributed by atoms with Crippen molar-refractivity contribution >= 4 is 11.8 Å². The van der Waals surface area contributed by atoms with Crippen molar-refractivity contribution in [3.8, 4) is 5.75 Å². The molecule has 0 aliphatic rings. The smallest absolute Gasteiger partial charge is 0.118 e. The second kappa shape index (κ2) is 5.97. The molecule has 0 amide bonds. The van der Waals surface area contributed by atoms with E-state index in [-0.39, 0.29) is 0 Å². The fourth-order valence-electron chi connectivity index (χ4n) is 1.53. The Labute approximate surface area is 90.9 Å². The van der Waals surface area contributed by atoms with Gasteiger partial charge in [-0.15, -0.1) is 0 Å². The van der Waals surface area contributed by atoms with Crippen molar-refractivity contribution in [3.05, 3.63) is 29.8 Å². The fraction of sp³-hybridized carbons (Fsp3) is 0.500. The number of thioether (sulfide) groups is 1. The lowest BCUT2D eigenvalue weighted by Gasteiger charge is -2.14. The zero-order valence-corrected chi connectivity index (χ0v) is 9.93. The third-order valence-corrected chi connectivity index (χ3v) is 3.18. The molecule has 0 bridgehead atoms. The molecule has 0 saturated heterocycles. The zero-order valence-electron chi connectivity index (χ0n) is 9.12. The SMILES string of the molecule is CCC(CSC)c1ccc(OC)cc1. The molecule has 0 fully saturated rings. The van der Waals surface area contributed by atoms with E-state index >= 15 is 0 Å². The van der Waals surface area contributed by atoms with Crippen LogP contribution >= 0.6 is 11.8 Å². The topological polar surface area (TPSA) is 9.23 Å². The minimum absolute atomic E-state index is 0.677. The summed E-state index contributed by atoms with van der Waals surface area (Å²) in [5.74, 6) is 2.81. The molecule has 0 heterocycles. The fourth-order valence-corrected chi connectivity index (χ4v) is 2.36. The van der Waals surface area contributed by atoms with Crippen LogP contribution in [-0.4, -0.2) is 19.1 Å². The molecule has 0 radical (unpaired) electrons. The van der Waals surface area contributed by atoms with E-state index in [4.69, 9.17) is 4.74 Å². The number of benzene rings is 1. The van der Waals surface area contributed by atoms with Gasteiger partial charge in [-0.1, -0.05) is 19.1 Å². The summed E-state index contributed by atoms with van der Waals surface area (Å²) in [5, 5.41) is 0. The van der Waals surface area contributed by atoms with Crippen molar-refractivity contribution in [2.75, 3.05) is 19.1 Å². The molecule has 0 saturated carbocycles. The molecule has 1 rings (SSSR count). The molecular formula is C12H18OS. The van der Waals surface area contributed by atoms with Crippen LogP contribution in [0.15, 0.2) is 24.3 Å². The Morgan fingerprint density at radius 2 is 1.93 bits per heavy atom. The van der Waals surface area contributed by atoms with E-state index in [2.05, 4.69) is 25.3 Å². The molecule has 78 valence electrons. The normalized spacial score (nSPS) is 12.5. The average Bonchev–Trinajstić information content (AvgIpc) is 2.26. The summed E-state index contributed by atoms with van der Waals surface area (Å²) < 4.78 is 5.14. The number of hydrogen-bond donors (Lipinski definition) is 0. The third-order valence-electron chi connectivity index (χ3n) is 2.45. The largest absolute Gasteiger partial charge is 0.497 e. The summed E-state index contributed by atoms with van der Waals surface area (Å²) in [6.07, 6.45) is 3.36. The standard InChI is InChI=1S/C12H18OS/c1-4-10(9-14-3)11-5-7-12(13-2)8-6-11/h5-8,10H,4,9H2,1-3H3. The molecule has 1 nitrogen and oxygen atoms in total. The van der Waals surface area contributed by atoms with Gasteiger partial charge in [0.15, 0.2) is 0 Å². The van der Waals surface area contributed by atoms with Crippen LogP contribution in [0.25, 0.3) is 0 Å². The van der Waals surface area contributed by atoms with E-state index in [0.29, 0.717) is 5.92 Å². The summed E-state index contributed by atoms with van der Waals surface area (Å²) in [7, 11) is 1.70. The van der Waals surface area contributed by atoms with E-state index in [1.807, 2.05) is 23.9 Å². The highest BCUT2D eigenvalue weighted by atomic mass is 32.2. The van der Waals surface area contributed by atoms with Crippen molar-refractivity contribution in [1.82, 2.24) is 0 Å². The van der Waals surface area contributed by atoms with Gasteiger partial charge < -0.3 is 4.74 Å².